The summed E-state index contributed by atoms with van der Waals surface area (Å²) in [5, 5.41) is 0. The van der Waals surface area contributed by atoms with Gasteiger partial charge in [-0.1, -0.05) is 0 Å². The second kappa shape index (κ2) is 11.5. The van der Waals surface area contributed by atoms with Gasteiger partial charge in [0, 0.05) is 13.7 Å². The van der Waals surface area contributed by atoms with Crippen LogP contribution >= 0.6 is 0 Å². The molecule has 0 saturated carbocycles. The van der Waals surface area contributed by atoms with Crippen molar-refractivity contribution in [3.8, 4) is 0 Å². The van der Waals surface area contributed by atoms with Crippen molar-refractivity contribution in [2.75, 3.05) is 26.9 Å². The molecule has 0 radical (unpaired) electrons. The van der Waals surface area contributed by atoms with Gasteiger partial charge in [0.15, 0.2) is 5.92 Å². The monoisotopic (exact) mass is 304 g/mol. The zero-order valence-corrected chi connectivity index (χ0v) is 13.7. The van der Waals surface area contributed by atoms with Crippen LogP contribution in [0.5, 0.6) is 0 Å². The van der Waals surface area contributed by atoms with Gasteiger partial charge >= 0.3 is 11.9 Å². The smallest absolute Gasteiger partial charge is 0.320 e. The summed E-state index contributed by atoms with van der Waals surface area (Å²) in [6.07, 6.45) is 0.411. The van der Waals surface area contributed by atoms with Crippen molar-refractivity contribution in [2.45, 2.75) is 52.7 Å². The van der Waals surface area contributed by atoms with Crippen molar-refractivity contribution < 1.29 is 28.5 Å². The molecule has 0 aliphatic rings. The molecular weight excluding hydrogens is 276 g/mol. The fourth-order valence-corrected chi connectivity index (χ4v) is 1.59. The summed E-state index contributed by atoms with van der Waals surface area (Å²) in [5.41, 5.74) is 0. The Balaban J connectivity index is 4.31. The molecule has 0 atom stereocenters. The molecule has 6 nitrogen and oxygen atoms in total. The van der Waals surface area contributed by atoms with Crippen molar-refractivity contribution in [3.63, 3.8) is 0 Å². The maximum Gasteiger partial charge on any atom is 0.320 e. The van der Waals surface area contributed by atoms with Gasteiger partial charge in [-0.15, -0.1) is 0 Å². The van der Waals surface area contributed by atoms with Crippen molar-refractivity contribution >= 4 is 11.9 Å². The SMILES string of the molecule is COCCOCCCC(C(=O)OC(C)C)C(=O)OC(C)C. The first-order chi connectivity index (χ1) is 9.88. The molecule has 6 heteroatoms. The van der Waals surface area contributed by atoms with E-state index in [2.05, 4.69) is 0 Å². The van der Waals surface area contributed by atoms with E-state index in [0.29, 0.717) is 32.7 Å². The van der Waals surface area contributed by atoms with Gasteiger partial charge in [-0.2, -0.15) is 0 Å². The first-order valence-electron chi connectivity index (χ1n) is 7.36. The van der Waals surface area contributed by atoms with E-state index in [9.17, 15) is 9.59 Å². The van der Waals surface area contributed by atoms with Gasteiger partial charge in [0.1, 0.15) is 0 Å². The maximum atomic E-state index is 12.0. The molecule has 21 heavy (non-hydrogen) atoms. The van der Waals surface area contributed by atoms with Crippen LogP contribution in [0.25, 0.3) is 0 Å². The molecule has 0 aliphatic carbocycles. The maximum absolute atomic E-state index is 12.0. The summed E-state index contributed by atoms with van der Waals surface area (Å²) in [6.45, 7) is 8.46. The lowest BCUT2D eigenvalue weighted by atomic mass is 10.0. The van der Waals surface area contributed by atoms with Gasteiger partial charge in [0.2, 0.25) is 0 Å². The summed E-state index contributed by atoms with van der Waals surface area (Å²) < 4.78 is 20.4. The second-order valence-electron chi connectivity index (χ2n) is 5.27. The van der Waals surface area contributed by atoms with E-state index in [0.717, 1.165) is 0 Å². The zero-order chi connectivity index (χ0) is 16.3. The predicted molar refractivity (Wildman–Crippen MR) is 77.9 cm³/mol. The molecule has 0 fully saturated rings. The van der Waals surface area contributed by atoms with Crippen LogP contribution < -0.4 is 0 Å². The predicted octanol–water partition coefficient (Wildman–Crippen LogP) is 1.95. The number of rotatable bonds is 11. The van der Waals surface area contributed by atoms with Crippen molar-refractivity contribution in [1.29, 1.82) is 0 Å². The summed E-state index contributed by atoms with van der Waals surface area (Å²) in [5.74, 6) is -1.96. The highest BCUT2D eigenvalue weighted by atomic mass is 16.6. The van der Waals surface area contributed by atoms with Crippen LogP contribution in [-0.2, 0) is 28.5 Å². The van der Waals surface area contributed by atoms with E-state index >= 15 is 0 Å². The van der Waals surface area contributed by atoms with Crippen LogP contribution in [0.1, 0.15) is 40.5 Å². The van der Waals surface area contributed by atoms with Gasteiger partial charge in [-0.25, -0.2) is 0 Å². The van der Waals surface area contributed by atoms with E-state index in [-0.39, 0.29) is 12.2 Å². The Bertz CT molecular complexity index is 279. The third-order valence-corrected chi connectivity index (χ3v) is 2.49. The number of methoxy groups -OCH3 is 1. The molecule has 0 bridgehead atoms. The molecule has 0 aliphatic heterocycles. The molecule has 0 rings (SSSR count). The Labute approximate surface area is 127 Å². The van der Waals surface area contributed by atoms with Crippen LogP contribution in [0.3, 0.4) is 0 Å². The minimum Gasteiger partial charge on any atom is -0.462 e. The van der Waals surface area contributed by atoms with Gasteiger partial charge in [-0.3, -0.25) is 9.59 Å². The number of ether oxygens (including phenoxy) is 4. The molecule has 0 aromatic heterocycles. The lowest BCUT2D eigenvalue weighted by Crippen LogP contribution is -2.31. The lowest BCUT2D eigenvalue weighted by Gasteiger charge is -2.18. The first-order valence-corrected chi connectivity index (χ1v) is 7.36. The number of carbonyl (C=O) groups is 2. The van der Waals surface area contributed by atoms with Crippen LogP contribution in [-0.4, -0.2) is 51.1 Å². The Kier molecular flexibility index (Phi) is 10.9. The summed E-state index contributed by atoms with van der Waals surface area (Å²) in [6, 6.07) is 0. The molecule has 0 heterocycles. The first kappa shape index (κ1) is 19.9. The highest BCUT2D eigenvalue weighted by Crippen LogP contribution is 2.14. The molecule has 0 unspecified atom stereocenters. The highest BCUT2D eigenvalue weighted by Gasteiger charge is 2.30. The average molecular weight is 304 g/mol. The van der Waals surface area contributed by atoms with Crippen LogP contribution in [0.2, 0.25) is 0 Å². The van der Waals surface area contributed by atoms with E-state index in [1.165, 1.54) is 0 Å². The molecule has 0 amide bonds. The van der Waals surface area contributed by atoms with Crippen LogP contribution in [0.4, 0.5) is 0 Å². The van der Waals surface area contributed by atoms with E-state index in [1.54, 1.807) is 34.8 Å². The van der Waals surface area contributed by atoms with Crippen LogP contribution in [0, 0.1) is 5.92 Å². The third-order valence-electron chi connectivity index (χ3n) is 2.49. The van der Waals surface area contributed by atoms with E-state index < -0.39 is 17.9 Å². The zero-order valence-electron chi connectivity index (χ0n) is 13.7. The Hall–Kier alpha value is -1.14. The molecule has 124 valence electrons. The Morgan fingerprint density at radius 1 is 0.857 bits per heavy atom. The largest absolute Gasteiger partial charge is 0.462 e. The summed E-state index contributed by atoms with van der Waals surface area (Å²) >= 11 is 0. The number of carbonyl (C=O) groups excluding carboxylic acids is 2. The number of hydrogen-bond acceptors (Lipinski definition) is 6. The van der Waals surface area contributed by atoms with Gasteiger partial charge < -0.3 is 18.9 Å². The standard InChI is InChI=1S/C15H28O6/c1-11(2)20-14(16)13(15(17)21-12(3)4)7-6-8-19-10-9-18-5/h11-13H,6-10H2,1-5H3. The number of esters is 2. The van der Waals surface area contributed by atoms with Gasteiger partial charge in [-0.05, 0) is 40.5 Å². The van der Waals surface area contributed by atoms with E-state index in [4.69, 9.17) is 18.9 Å². The fraction of sp³-hybridized carbons (Fsp3) is 0.867. The molecule has 0 aromatic carbocycles. The topological polar surface area (TPSA) is 71.1 Å². The minimum absolute atomic E-state index is 0.259. The normalized spacial score (nSPS) is 11.2. The summed E-state index contributed by atoms with van der Waals surface area (Å²) in [4.78, 5) is 23.9. The minimum atomic E-state index is -0.888. The molecule has 0 spiro atoms. The lowest BCUT2D eigenvalue weighted by molar-refractivity contribution is -0.166. The molecular formula is C15H28O6. The quantitative estimate of drug-likeness (QED) is 0.330. The summed E-state index contributed by atoms with van der Waals surface area (Å²) in [7, 11) is 1.60. The van der Waals surface area contributed by atoms with Gasteiger partial charge in [0.25, 0.3) is 0 Å². The Morgan fingerprint density at radius 2 is 1.38 bits per heavy atom. The van der Waals surface area contributed by atoms with E-state index in [1.807, 2.05) is 0 Å². The third kappa shape index (κ3) is 10.3. The van der Waals surface area contributed by atoms with Gasteiger partial charge in [0.05, 0.1) is 25.4 Å². The van der Waals surface area contributed by atoms with Crippen molar-refractivity contribution in [2.24, 2.45) is 5.92 Å². The fourth-order valence-electron chi connectivity index (χ4n) is 1.59. The molecule has 0 saturated heterocycles. The molecule has 0 N–H and O–H groups in total. The van der Waals surface area contributed by atoms with Crippen LogP contribution in [0.15, 0.2) is 0 Å². The second-order valence-corrected chi connectivity index (χ2v) is 5.27. The van der Waals surface area contributed by atoms with Crippen molar-refractivity contribution in [1.82, 2.24) is 0 Å². The number of hydrogen-bond donors (Lipinski definition) is 0. The highest BCUT2D eigenvalue weighted by molar-refractivity contribution is 5.95. The Morgan fingerprint density at radius 3 is 1.81 bits per heavy atom. The average Bonchev–Trinajstić information content (AvgIpc) is 2.35. The van der Waals surface area contributed by atoms with Crippen molar-refractivity contribution in [3.05, 3.63) is 0 Å². The molecule has 0 aromatic rings.